The van der Waals surface area contributed by atoms with Gasteiger partial charge in [-0.15, -0.1) is 11.3 Å². The molecule has 0 atom stereocenters. The van der Waals surface area contributed by atoms with E-state index in [0.29, 0.717) is 16.6 Å². The molecule has 7 nitrogen and oxygen atoms in total. The van der Waals surface area contributed by atoms with Gasteiger partial charge in [0.15, 0.2) is 10.9 Å². The van der Waals surface area contributed by atoms with Crippen molar-refractivity contribution in [2.24, 2.45) is 5.92 Å². The maximum atomic E-state index is 12.1. The molecule has 24 heavy (non-hydrogen) atoms. The smallest absolute Gasteiger partial charge is 0.231 e. The maximum absolute atomic E-state index is 12.1. The summed E-state index contributed by atoms with van der Waals surface area (Å²) in [6.07, 6.45) is 0.131. The summed E-state index contributed by atoms with van der Waals surface area (Å²) in [5.74, 6) is 0.0893. The quantitative estimate of drug-likeness (QED) is 0.772. The van der Waals surface area contributed by atoms with Gasteiger partial charge in [-0.05, 0) is 0 Å². The molecule has 0 aliphatic carbocycles. The first-order valence-electron chi connectivity index (χ1n) is 7.76. The summed E-state index contributed by atoms with van der Waals surface area (Å²) in [6, 6.07) is 1.83. The van der Waals surface area contributed by atoms with E-state index < -0.39 is 0 Å². The Labute approximate surface area is 145 Å². The Morgan fingerprint density at radius 3 is 2.58 bits per heavy atom. The van der Waals surface area contributed by atoms with Gasteiger partial charge in [0, 0.05) is 28.5 Å². The van der Waals surface area contributed by atoms with Gasteiger partial charge >= 0.3 is 0 Å². The molecule has 0 radical (unpaired) electrons. The highest BCUT2D eigenvalue weighted by Crippen LogP contribution is 2.22. The third-order valence-electron chi connectivity index (χ3n) is 3.30. The number of nitrogens with zero attached hydrogens (tertiary/aromatic N) is 2. The summed E-state index contributed by atoms with van der Waals surface area (Å²) in [5, 5.41) is 14.8. The number of rotatable bonds is 5. The van der Waals surface area contributed by atoms with Crippen molar-refractivity contribution < 1.29 is 9.59 Å². The average molecular weight is 349 g/mol. The molecule has 2 amide bonds. The second-order valence-corrected chi connectivity index (χ2v) is 7.79. The van der Waals surface area contributed by atoms with Crippen molar-refractivity contribution in [3.63, 3.8) is 0 Å². The van der Waals surface area contributed by atoms with Crippen LogP contribution in [0.3, 0.4) is 0 Å². The monoisotopic (exact) mass is 349 g/mol. The van der Waals surface area contributed by atoms with Crippen molar-refractivity contribution in [1.82, 2.24) is 15.2 Å². The van der Waals surface area contributed by atoms with Crippen LogP contribution < -0.4 is 10.6 Å². The average Bonchev–Trinajstić information content (AvgIpc) is 3.07. The van der Waals surface area contributed by atoms with Crippen molar-refractivity contribution in [3.05, 3.63) is 22.8 Å². The molecule has 2 aromatic heterocycles. The minimum absolute atomic E-state index is 0.0611. The molecule has 0 unspecified atom stereocenters. The third-order valence-corrected chi connectivity index (χ3v) is 4.11. The van der Waals surface area contributed by atoms with Crippen LogP contribution in [0, 0.1) is 5.92 Å². The lowest BCUT2D eigenvalue weighted by molar-refractivity contribution is -0.119. The van der Waals surface area contributed by atoms with Crippen molar-refractivity contribution in [1.29, 1.82) is 0 Å². The van der Waals surface area contributed by atoms with E-state index in [1.807, 2.05) is 19.9 Å². The Hall–Kier alpha value is -2.22. The molecular weight excluding hydrogens is 326 g/mol. The minimum Gasteiger partial charge on any atom is -0.309 e. The lowest BCUT2D eigenvalue weighted by atomic mass is 9.92. The molecule has 0 bridgehead atoms. The molecule has 2 heterocycles. The number of hydrogen-bond donors (Lipinski definition) is 3. The number of aromatic amines is 1. The van der Waals surface area contributed by atoms with Crippen LogP contribution in [0.1, 0.15) is 46.0 Å². The molecule has 0 aromatic carbocycles. The highest BCUT2D eigenvalue weighted by atomic mass is 32.1. The fourth-order valence-electron chi connectivity index (χ4n) is 1.82. The Kier molecular flexibility index (Phi) is 5.38. The predicted molar refractivity (Wildman–Crippen MR) is 95.2 cm³/mol. The summed E-state index contributed by atoms with van der Waals surface area (Å²) in [7, 11) is 0. The molecule has 0 aliphatic heterocycles. The number of aromatic nitrogens is 3. The summed E-state index contributed by atoms with van der Waals surface area (Å²) in [6.45, 7) is 9.82. The van der Waals surface area contributed by atoms with Gasteiger partial charge in [0.2, 0.25) is 11.8 Å². The van der Waals surface area contributed by atoms with Gasteiger partial charge in [-0.3, -0.25) is 14.7 Å². The lowest BCUT2D eigenvalue weighted by Gasteiger charge is -2.14. The lowest BCUT2D eigenvalue weighted by Crippen LogP contribution is -2.18. The molecule has 2 aromatic rings. The largest absolute Gasteiger partial charge is 0.309 e. The second kappa shape index (κ2) is 7.12. The summed E-state index contributed by atoms with van der Waals surface area (Å²) < 4.78 is 0. The van der Waals surface area contributed by atoms with Crippen LogP contribution in [0.15, 0.2) is 11.4 Å². The number of hydrogen-bond acceptors (Lipinski definition) is 5. The Morgan fingerprint density at radius 2 is 2.00 bits per heavy atom. The van der Waals surface area contributed by atoms with Crippen LogP contribution in [-0.2, 0) is 21.4 Å². The first kappa shape index (κ1) is 18.1. The van der Waals surface area contributed by atoms with E-state index in [4.69, 9.17) is 0 Å². The molecular formula is C16H23N5O2S. The SMILES string of the molecule is CC(C)C(=O)Nc1nc(CC(=O)Nc2cc(C(C)(C)C)[nH]n2)cs1. The van der Waals surface area contributed by atoms with Crippen LogP contribution in [-0.4, -0.2) is 27.0 Å². The van der Waals surface area contributed by atoms with Gasteiger partial charge in [0.1, 0.15) is 0 Å². The minimum atomic E-state index is -0.200. The van der Waals surface area contributed by atoms with Crippen LogP contribution in [0.25, 0.3) is 0 Å². The van der Waals surface area contributed by atoms with Gasteiger partial charge in [-0.1, -0.05) is 34.6 Å². The van der Waals surface area contributed by atoms with Gasteiger partial charge < -0.3 is 10.6 Å². The Morgan fingerprint density at radius 1 is 1.29 bits per heavy atom. The Balaban J connectivity index is 1.92. The van der Waals surface area contributed by atoms with Crippen molar-refractivity contribution in [2.75, 3.05) is 10.6 Å². The zero-order chi connectivity index (χ0) is 17.9. The first-order valence-corrected chi connectivity index (χ1v) is 8.64. The van der Waals surface area contributed by atoms with Gasteiger partial charge in [-0.25, -0.2) is 4.98 Å². The summed E-state index contributed by atoms with van der Waals surface area (Å²) in [4.78, 5) is 28.0. The summed E-state index contributed by atoms with van der Waals surface area (Å²) >= 11 is 1.31. The molecule has 0 fully saturated rings. The molecule has 3 N–H and O–H groups in total. The van der Waals surface area contributed by atoms with E-state index in [2.05, 4.69) is 46.6 Å². The zero-order valence-corrected chi connectivity index (χ0v) is 15.4. The van der Waals surface area contributed by atoms with Crippen LogP contribution in [0.5, 0.6) is 0 Å². The summed E-state index contributed by atoms with van der Waals surface area (Å²) in [5.41, 5.74) is 1.50. The van der Waals surface area contributed by atoms with E-state index in [9.17, 15) is 9.59 Å². The number of anilines is 2. The highest BCUT2D eigenvalue weighted by molar-refractivity contribution is 7.13. The number of H-pyrrole nitrogens is 1. The predicted octanol–water partition coefficient (Wildman–Crippen LogP) is 2.94. The topological polar surface area (TPSA) is 99.8 Å². The van der Waals surface area contributed by atoms with Crippen molar-refractivity contribution >= 4 is 34.1 Å². The fourth-order valence-corrected chi connectivity index (χ4v) is 2.53. The van der Waals surface area contributed by atoms with Crippen LogP contribution >= 0.6 is 11.3 Å². The van der Waals surface area contributed by atoms with Crippen molar-refractivity contribution in [3.8, 4) is 0 Å². The van der Waals surface area contributed by atoms with Crippen LogP contribution in [0.4, 0.5) is 10.9 Å². The highest BCUT2D eigenvalue weighted by Gasteiger charge is 2.18. The first-order chi connectivity index (χ1) is 11.1. The van der Waals surface area contributed by atoms with Gasteiger partial charge in [0.25, 0.3) is 0 Å². The standard InChI is InChI=1S/C16H23N5O2S/c1-9(2)14(23)19-15-17-10(8-24-15)6-13(22)18-12-7-11(20-21-12)16(3,4)5/h7-9H,6H2,1-5H3,(H,17,19,23)(H2,18,20,21,22). The number of nitrogens with one attached hydrogen (secondary N) is 3. The number of thiazole rings is 1. The third kappa shape index (κ3) is 4.89. The van der Waals surface area contributed by atoms with Gasteiger partial charge in [0.05, 0.1) is 12.1 Å². The number of carbonyl (C=O) groups excluding carboxylic acids is 2. The molecule has 130 valence electrons. The van der Waals surface area contributed by atoms with E-state index in [-0.39, 0.29) is 29.6 Å². The fraction of sp³-hybridized carbons (Fsp3) is 0.500. The van der Waals surface area contributed by atoms with E-state index >= 15 is 0 Å². The molecule has 0 spiro atoms. The normalized spacial score (nSPS) is 11.6. The molecule has 2 rings (SSSR count). The molecule has 0 aliphatic rings. The molecule has 8 heteroatoms. The van der Waals surface area contributed by atoms with Crippen molar-refractivity contribution in [2.45, 2.75) is 46.5 Å². The second-order valence-electron chi connectivity index (χ2n) is 6.93. The zero-order valence-electron chi connectivity index (χ0n) is 14.6. The maximum Gasteiger partial charge on any atom is 0.231 e. The molecule has 0 saturated carbocycles. The number of amides is 2. The van der Waals surface area contributed by atoms with E-state index in [1.165, 1.54) is 11.3 Å². The molecule has 0 saturated heterocycles. The van der Waals surface area contributed by atoms with Crippen LogP contribution in [0.2, 0.25) is 0 Å². The van der Waals surface area contributed by atoms with Gasteiger partial charge in [-0.2, -0.15) is 5.10 Å². The number of carbonyl (C=O) groups is 2. The Bertz CT molecular complexity index is 727. The van der Waals surface area contributed by atoms with E-state index in [1.54, 1.807) is 5.38 Å². The van der Waals surface area contributed by atoms with E-state index in [0.717, 1.165) is 5.69 Å².